The van der Waals surface area contributed by atoms with E-state index in [1.54, 1.807) is 12.1 Å². The van der Waals surface area contributed by atoms with E-state index in [4.69, 9.17) is 30.5 Å². The Hall–Kier alpha value is -2.81. The molecule has 0 heterocycles. The summed E-state index contributed by atoms with van der Waals surface area (Å²) < 4.78 is 57.9. The van der Waals surface area contributed by atoms with Crippen LogP contribution in [0, 0.1) is 0 Å². The minimum Gasteiger partial charge on any atom is -0.493 e. The van der Waals surface area contributed by atoms with E-state index < -0.39 is 18.7 Å². The number of methoxy groups -OCH3 is 3. The van der Waals surface area contributed by atoms with Crippen LogP contribution in [-0.2, 0) is 11.2 Å². The van der Waals surface area contributed by atoms with E-state index in [-0.39, 0.29) is 22.9 Å². The molecule has 2 aromatic rings. The summed E-state index contributed by atoms with van der Waals surface area (Å²) in [5, 5.41) is 2.78. The molecule has 0 saturated carbocycles. The average molecular weight is 448 g/mol. The van der Waals surface area contributed by atoms with Crippen molar-refractivity contribution in [3.63, 3.8) is 0 Å². The van der Waals surface area contributed by atoms with Crippen molar-refractivity contribution >= 4 is 23.2 Å². The number of nitrogens with one attached hydrogen (secondary N) is 1. The number of carbonyl (C=O) groups is 1. The minimum atomic E-state index is -4.51. The fraction of sp³-hybridized carbons (Fsp3) is 0.350. The van der Waals surface area contributed by atoms with Crippen LogP contribution in [0.25, 0.3) is 0 Å². The molecule has 2 rings (SSSR count). The van der Waals surface area contributed by atoms with Gasteiger partial charge in [-0.2, -0.15) is 13.2 Å². The van der Waals surface area contributed by atoms with Gasteiger partial charge in [-0.1, -0.05) is 11.6 Å². The number of aryl methyl sites for hydroxylation is 1. The van der Waals surface area contributed by atoms with Crippen LogP contribution in [0.1, 0.15) is 12.0 Å². The lowest BCUT2D eigenvalue weighted by Gasteiger charge is -2.15. The first-order valence-corrected chi connectivity index (χ1v) is 9.12. The molecule has 0 unspecified atom stereocenters. The molecule has 164 valence electrons. The maximum atomic E-state index is 12.4. The van der Waals surface area contributed by atoms with Crippen LogP contribution in [0.5, 0.6) is 23.0 Å². The zero-order valence-electron chi connectivity index (χ0n) is 16.6. The third kappa shape index (κ3) is 6.62. The van der Waals surface area contributed by atoms with Gasteiger partial charge in [-0.05, 0) is 42.3 Å². The summed E-state index contributed by atoms with van der Waals surface area (Å²) in [4.78, 5) is 12.4. The number of rotatable bonds is 9. The molecule has 0 aromatic heterocycles. The van der Waals surface area contributed by atoms with E-state index in [0.29, 0.717) is 23.7 Å². The van der Waals surface area contributed by atoms with Gasteiger partial charge in [0.1, 0.15) is 5.75 Å². The van der Waals surface area contributed by atoms with Crippen molar-refractivity contribution in [1.29, 1.82) is 0 Å². The van der Waals surface area contributed by atoms with Gasteiger partial charge in [0.2, 0.25) is 11.7 Å². The van der Waals surface area contributed by atoms with Crippen molar-refractivity contribution in [3.8, 4) is 23.0 Å². The Morgan fingerprint density at radius 3 is 2.17 bits per heavy atom. The van der Waals surface area contributed by atoms with Gasteiger partial charge in [-0.15, -0.1) is 0 Å². The molecule has 1 N–H and O–H groups in total. The molecule has 0 bridgehead atoms. The molecule has 2 aromatic carbocycles. The van der Waals surface area contributed by atoms with Crippen molar-refractivity contribution in [2.45, 2.75) is 19.0 Å². The van der Waals surface area contributed by atoms with Gasteiger partial charge in [0.05, 0.1) is 27.0 Å². The number of amides is 1. The molecule has 0 aliphatic carbocycles. The second-order valence-corrected chi connectivity index (χ2v) is 6.56. The predicted molar refractivity (Wildman–Crippen MR) is 106 cm³/mol. The first-order chi connectivity index (χ1) is 14.2. The van der Waals surface area contributed by atoms with Crippen LogP contribution in [0.4, 0.5) is 18.9 Å². The molecule has 0 atom stereocenters. The molecule has 30 heavy (non-hydrogen) atoms. The number of anilines is 1. The topological polar surface area (TPSA) is 66.0 Å². The highest BCUT2D eigenvalue weighted by atomic mass is 35.5. The number of ether oxygens (including phenoxy) is 4. The number of carbonyl (C=O) groups excluding carboxylic acids is 1. The first-order valence-electron chi connectivity index (χ1n) is 8.74. The van der Waals surface area contributed by atoms with Crippen LogP contribution >= 0.6 is 11.6 Å². The number of halogens is 4. The molecule has 0 saturated heterocycles. The molecule has 6 nitrogen and oxygen atoms in total. The Morgan fingerprint density at radius 1 is 1.00 bits per heavy atom. The summed E-state index contributed by atoms with van der Waals surface area (Å²) in [6, 6.07) is 7.39. The van der Waals surface area contributed by atoms with Gasteiger partial charge in [0.25, 0.3) is 0 Å². The number of hydrogen-bond donors (Lipinski definition) is 1. The lowest BCUT2D eigenvalue weighted by Crippen LogP contribution is -2.20. The van der Waals surface area contributed by atoms with Crippen LogP contribution in [-0.4, -0.2) is 40.0 Å². The molecule has 0 aliphatic heterocycles. The third-order valence-electron chi connectivity index (χ3n) is 3.97. The lowest BCUT2D eigenvalue weighted by molar-refractivity contribution is -0.153. The monoisotopic (exact) mass is 447 g/mol. The highest BCUT2D eigenvalue weighted by Crippen LogP contribution is 2.38. The number of benzene rings is 2. The van der Waals surface area contributed by atoms with Crippen molar-refractivity contribution in [1.82, 2.24) is 0 Å². The zero-order chi connectivity index (χ0) is 22.3. The van der Waals surface area contributed by atoms with Crippen LogP contribution in [0.15, 0.2) is 30.3 Å². The fourth-order valence-corrected chi connectivity index (χ4v) is 2.81. The summed E-state index contributed by atoms with van der Waals surface area (Å²) >= 11 is 5.89. The van der Waals surface area contributed by atoms with Crippen molar-refractivity contribution < 1.29 is 36.9 Å². The molecular formula is C20H21ClF3NO5. The molecule has 0 spiro atoms. The predicted octanol–water partition coefficient (Wildman–Crippen LogP) is 4.88. The van der Waals surface area contributed by atoms with Gasteiger partial charge in [-0.25, -0.2) is 0 Å². The maximum absolute atomic E-state index is 12.4. The van der Waals surface area contributed by atoms with Crippen LogP contribution in [0.3, 0.4) is 0 Å². The smallest absolute Gasteiger partial charge is 0.422 e. The lowest BCUT2D eigenvalue weighted by atomic mass is 10.1. The summed E-state index contributed by atoms with van der Waals surface area (Å²) in [6.45, 7) is -1.48. The quantitative estimate of drug-likeness (QED) is 0.593. The average Bonchev–Trinajstić information content (AvgIpc) is 2.70. The first kappa shape index (κ1) is 23.5. The summed E-state index contributed by atoms with van der Waals surface area (Å²) in [5.74, 6) is 0.772. The van der Waals surface area contributed by atoms with Crippen molar-refractivity contribution in [2.24, 2.45) is 0 Å². The van der Waals surface area contributed by atoms with Gasteiger partial charge in [-0.3, -0.25) is 4.79 Å². The van der Waals surface area contributed by atoms with Gasteiger partial charge in [0, 0.05) is 11.4 Å². The van der Waals surface area contributed by atoms with E-state index >= 15 is 0 Å². The maximum Gasteiger partial charge on any atom is 0.422 e. The third-order valence-corrected chi connectivity index (χ3v) is 4.21. The minimum absolute atomic E-state index is 0.0455. The van der Waals surface area contributed by atoms with E-state index in [9.17, 15) is 18.0 Å². The summed E-state index contributed by atoms with van der Waals surface area (Å²) in [5.41, 5.74) is 0.806. The molecular weight excluding hydrogens is 427 g/mol. The fourth-order valence-electron chi connectivity index (χ4n) is 2.64. The molecule has 0 radical (unpaired) electrons. The SMILES string of the molecule is COc1cc(CCC(=O)Nc2cc(Cl)ccc2OCC(F)(F)F)cc(OC)c1OC. The van der Waals surface area contributed by atoms with E-state index in [0.717, 1.165) is 5.56 Å². The largest absolute Gasteiger partial charge is 0.493 e. The normalized spacial score (nSPS) is 11.0. The molecule has 0 aliphatic rings. The Kier molecular flexibility index (Phi) is 8.05. The Labute approximate surface area is 176 Å². The van der Waals surface area contributed by atoms with Crippen molar-refractivity contribution in [3.05, 3.63) is 40.9 Å². The van der Waals surface area contributed by atoms with Gasteiger partial charge < -0.3 is 24.3 Å². The Balaban J connectivity index is 2.09. The van der Waals surface area contributed by atoms with E-state index in [1.807, 2.05) is 0 Å². The molecule has 10 heteroatoms. The van der Waals surface area contributed by atoms with E-state index in [2.05, 4.69) is 5.32 Å². The zero-order valence-corrected chi connectivity index (χ0v) is 17.3. The highest BCUT2D eigenvalue weighted by molar-refractivity contribution is 6.31. The van der Waals surface area contributed by atoms with E-state index in [1.165, 1.54) is 39.5 Å². The van der Waals surface area contributed by atoms with Crippen LogP contribution < -0.4 is 24.3 Å². The number of hydrogen-bond acceptors (Lipinski definition) is 5. The summed E-state index contributed by atoms with van der Waals surface area (Å²) in [6.07, 6.45) is -4.14. The van der Waals surface area contributed by atoms with Gasteiger partial charge >= 0.3 is 6.18 Å². The van der Waals surface area contributed by atoms with Crippen LogP contribution in [0.2, 0.25) is 5.02 Å². The van der Waals surface area contributed by atoms with Gasteiger partial charge in [0.15, 0.2) is 18.1 Å². The van der Waals surface area contributed by atoms with Crippen molar-refractivity contribution in [2.75, 3.05) is 33.3 Å². The summed E-state index contributed by atoms with van der Waals surface area (Å²) in [7, 11) is 4.45. The molecule has 0 fully saturated rings. The second-order valence-electron chi connectivity index (χ2n) is 6.13. The molecule has 1 amide bonds. The second kappa shape index (κ2) is 10.3. The standard InChI is InChI=1S/C20H21ClF3NO5/c1-27-16-8-12(9-17(28-2)19(16)29-3)4-7-18(26)25-14-10-13(21)5-6-15(14)30-11-20(22,23)24/h5-6,8-10H,4,7,11H2,1-3H3,(H,25,26). The number of alkyl halides is 3. The highest BCUT2D eigenvalue weighted by Gasteiger charge is 2.29. The Morgan fingerprint density at radius 2 is 1.63 bits per heavy atom. The Bertz CT molecular complexity index is 864.